The zero-order chi connectivity index (χ0) is 26.0. The van der Waals surface area contributed by atoms with Gasteiger partial charge in [-0.3, -0.25) is 4.90 Å². The molecule has 0 aliphatic heterocycles. The molecule has 0 spiro atoms. The number of aliphatic hydroxyl groups is 1. The number of benzene rings is 2. The molecular weight excluding hydrogens is 473 g/mol. The molecule has 4 aromatic rings. The first-order valence-electron chi connectivity index (χ1n) is 12.3. The van der Waals surface area contributed by atoms with Crippen LogP contribution in [0.4, 0.5) is 4.39 Å². The van der Waals surface area contributed by atoms with Crippen LogP contribution in [0.5, 0.6) is 11.6 Å². The average Bonchev–Trinajstić information content (AvgIpc) is 3.53. The smallest absolute Gasteiger partial charge is 0.227 e. The maximum atomic E-state index is 13.7. The molecule has 0 saturated heterocycles. The van der Waals surface area contributed by atoms with Gasteiger partial charge in [-0.2, -0.15) is 5.10 Å². The third-order valence-electron chi connectivity index (χ3n) is 5.74. The minimum absolute atomic E-state index is 0.184. The topological polar surface area (TPSA) is 72.9 Å². The normalized spacial score (nSPS) is 12.1. The molecular formula is C29H32FN3O4. The van der Waals surface area contributed by atoms with Crippen LogP contribution in [0.1, 0.15) is 23.9 Å². The summed E-state index contributed by atoms with van der Waals surface area (Å²) < 4.78 is 32.8. The van der Waals surface area contributed by atoms with Gasteiger partial charge in [0, 0.05) is 13.1 Å². The number of aryl methyl sites for hydroxylation is 1. The molecule has 0 saturated carbocycles. The molecule has 194 valence electrons. The maximum Gasteiger partial charge on any atom is 0.227 e. The van der Waals surface area contributed by atoms with Crippen molar-refractivity contribution < 1.29 is 23.4 Å². The summed E-state index contributed by atoms with van der Waals surface area (Å²) in [5, 5.41) is 15.5. The van der Waals surface area contributed by atoms with Crippen molar-refractivity contribution in [1.82, 2.24) is 14.7 Å². The summed E-state index contributed by atoms with van der Waals surface area (Å²) in [5.74, 6) is 1.64. The van der Waals surface area contributed by atoms with Crippen LogP contribution in [0.25, 0.3) is 5.69 Å². The number of ether oxygens (including phenoxy) is 2. The van der Waals surface area contributed by atoms with Crippen LogP contribution in [0.2, 0.25) is 0 Å². The van der Waals surface area contributed by atoms with E-state index in [2.05, 4.69) is 11.5 Å². The number of para-hydroxylation sites is 1. The lowest BCUT2D eigenvalue weighted by molar-refractivity contribution is 0.0214. The maximum absolute atomic E-state index is 13.7. The first-order chi connectivity index (χ1) is 18.1. The van der Waals surface area contributed by atoms with Gasteiger partial charge < -0.3 is 19.0 Å². The molecule has 7 nitrogen and oxygen atoms in total. The minimum atomic E-state index is -0.717. The van der Waals surface area contributed by atoms with Gasteiger partial charge in [-0.1, -0.05) is 31.2 Å². The fourth-order valence-corrected chi connectivity index (χ4v) is 4.05. The van der Waals surface area contributed by atoms with Crippen LogP contribution in [-0.4, -0.2) is 45.6 Å². The van der Waals surface area contributed by atoms with E-state index in [1.807, 2.05) is 49.4 Å². The zero-order valence-corrected chi connectivity index (χ0v) is 20.9. The summed E-state index contributed by atoms with van der Waals surface area (Å²) in [7, 11) is 0. The Bertz CT molecular complexity index is 1240. The van der Waals surface area contributed by atoms with Crippen LogP contribution in [0, 0.1) is 5.82 Å². The second kappa shape index (κ2) is 13.0. The number of hydrogen-bond acceptors (Lipinski definition) is 6. The van der Waals surface area contributed by atoms with E-state index in [4.69, 9.17) is 19.0 Å². The third-order valence-corrected chi connectivity index (χ3v) is 5.74. The number of nitrogens with zero attached hydrogens (tertiary/aromatic N) is 3. The number of aliphatic hydroxyl groups excluding tert-OH is 1. The van der Waals surface area contributed by atoms with E-state index >= 15 is 0 Å². The first-order valence-corrected chi connectivity index (χ1v) is 12.3. The Morgan fingerprint density at radius 3 is 2.57 bits per heavy atom. The molecule has 2 heterocycles. The van der Waals surface area contributed by atoms with Gasteiger partial charge in [0.25, 0.3) is 0 Å². The molecule has 0 fully saturated rings. The van der Waals surface area contributed by atoms with Gasteiger partial charge in [0.15, 0.2) is 0 Å². The first kappa shape index (κ1) is 26.3. The Kier molecular flexibility index (Phi) is 9.26. The molecule has 0 bridgehead atoms. The Labute approximate surface area is 216 Å². The second-order valence-electron chi connectivity index (χ2n) is 8.62. The predicted octanol–water partition coefficient (Wildman–Crippen LogP) is 5.52. The van der Waals surface area contributed by atoms with Gasteiger partial charge >= 0.3 is 0 Å². The van der Waals surface area contributed by atoms with Crippen molar-refractivity contribution in [2.75, 3.05) is 19.8 Å². The summed E-state index contributed by atoms with van der Waals surface area (Å²) in [6, 6.07) is 19.3. The lowest BCUT2D eigenvalue weighted by Gasteiger charge is -2.24. The SMILES string of the molecule is C=CCOC[C@@H](O)CN(Cc1ccco1)Cc1c(CC)nn(-c2ccc(F)cc2)c1Oc1ccccc1. The summed E-state index contributed by atoms with van der Waals surface area (Å²) in [6.45, 7) is 7.48. The largest absolute Gasteiger partial charge is 0.468 e. The molecule has 4 rings (SSSR count). The summed E-state index contributed by atoms with van der Waals surface area (Å²) in [5.41, 5.74) is 2.40. The molecule has 1 N–H and O–H groups in total. The van der Waals surface area contributed by atoms with Gasteiger partial charge in [0.05, 0.1) is 49.1 Å². The predicted molar refractivity (Wildman–Crippen MR) is 139 cm³/mol. The zero-order valence-electron chi connectivity index (χ0n) is 20.9. The van der Waals surface area contributed by atoms with Crippen molar-refractivity contribution in [2.45, 2.75) is 32.5 Å². The molecule has 0 aliphatic rings. The molecule has 8 heteroatoms. The highest BCUT2D eigenvalue weighted by Gasteiger charge is 2.24. The molecule has 37 heavy (non-hydrogen) atoms. The minimum Gasteiger partial charge on any atom is -0.468 e. The summed E-state index contributed by atoms with van der Waals surface area (Å²) in [6.07, 6.45) is 3.22. The van der Waals surface area contributed by atoms with E-state index in [0.29, 0.717) is 50.0 Å². The Hall–Kier alpha value is -3.72. The lowest BCUT2D eigenvalue weighted by atomic mass is 10.1. The fourth-order valence-electron chi connectivity index (χ4n) is 4.05. The van der Waals surface area contributed by atoms with E-state index in [1.165, 1.54) is 12.1 Å². The van der Waals surface area contributed by atoms with Gasteiger partial charge in [-0.25, -0.2) is 9.07 Å². The monoisotopic (exact) mass is 505 g/mol. The van der Waals surface area contributed by atoms with Crippen LogP contribution in [0.15, 0.2) is 90.1 Å². The van der Waals surface area contributed by atoms with Gasteiger partial charge in [0.1, 0.15) is 17.3 Å². The van der Waals surface area contributed by atoms with Crippen LogP contribution in [0.3, 0.4) is 0 Å². The summed E-state index contributed by atoms with van der Waals surface area (Å²) >= 11 is 0. The number of hydrogen-bond donors (Lipinski definition) is 1. The van der Waals surface area contributed by atoms with Crippen molar-refractivity contribution in [2.24, 2.45) is 0 Å². The Morgan fingerprint density at radius 1 is 1.11 bits per heavy atom. The van der Waals surface area contributed by atoms with Crippen molar-refractivity contribution in [3.05, 3.63) is 108 Å². The van der Waals surface area contributed by atoms with E-state index in [9.17, 15) is 9.50 Å². The Morgan fingerprint density at radius 2 is 1.89 bits per heavy atom. The van der Waals surface area contributed by atoms with Crippen molar-refractivity contribution in [1.29, 1.82) is 0 Å². The highest BCUT2D eigenvalue weighted by atomic mass is 19.1. The Balaban J connectivity index is 1.70. The van der Waals surface area contributed by atoms with Crippen molar-refractivity contribution in [3.8, 4) is 17.3 Å². The molecule has 1 atom stereocenters. The molecule has 2 aromatic heterocycles. The number of halogens is 1. The van der Waals surface area contributed by atoms with Gasteiger partial charge in [-0.15, -0.1) is 6.58 Å². The van der Waals surface area contributed by atoms with E-state index in [1.54, 1.807) is 29.2 Å². The quantitative estimate of drug-likeness (QED) is 0.180. The molecule has 0 aliphatic carbocycles. The highest BCUT2D eigenvalue weighted by Crippen LogP contribution is 2.32. The molecule has 0 amide bonds. The van der Waals surface area contributed by atoms with E-state index < -0.39 is 6.10 Å². The molecule has 0 radical (unpaired) electrons. The van der Waals surface area contributed by atoms with Crippen LogP contribution in [-0.2, 0) is 24.2 Å². The van der Waals surface area contributed by atoms with Crippen LogP contribution < -0.4 is 4.74 Å². The van der Waals surface area contributed by atoms with Crippen molar-refractivity contribution in [3.63, 3.8) is 0 Å². The average molecular weight is 506 g/mol. The van der Waals surface area contributed by atoms with E-state index in [0.717, 1.165) is 17.0 Å². The molecule has 2 aromatic carbocycles. The van der Waals surface area contributed by atoms with Crippen LogP contribution >= 0.6 is 0 Å². The second-order valence-corrected chi connectivity index (χ2v) is 8.62. The third kappa shape index (κ3) is 7.16. The highest BCUT2D eigenvalue weighted by molar-refractivity contribution is 5.44. The summed E-state index contributed by atoms with van der Waals surface area (Å²) in [4.78, 5) is 2.07. The van der Waals surface area contributed by atoms with Crippen molar-refractivity contribution >= 4 is 0 Å². The number of rotatable bonds is 14. The fraction of sp³-hybridized carbons (Fsp3) is 0.276. The number of aromatic nitrogens is 2. The number of furan rings is 1. The molecule has 0 unspecified atom stereocenters. The van der Waals surface area contributed by atoms with Gasteiger partial charge in [0.2, 0.25) is 5.88 Å². The van der Waals surface area contributed by atoms with E-state index in [-0.39, 0.29) is 12.4 Å². The lowest BCUT2D eigenvalue weighted by Crippen LogP contribution is -2.34. The standard InChI is InChI=1S/C29H32FN3O4/c1-3-16-35-21-24(34)18-32(19-26-11-8-17-36-26)20-27-28(4-2)31-33(23-14-12-22(30)13-15-23)29(27)37-25-9-6-5-7-10-25/h3,5-15,17,24,34H,1,4,16,18-21H2,2H3/t24-/m0/s1. The van der Waals surface area contributed by atoms with Gasteiger partial charge in [-0.05, 0) is 55.0 Å².